The van der Waals surface area contributed by atoms with Gasteiger partial charge < -0.3 is 4.90 Å². The van der Waals surface area contributed by atoms with Crippen LogP contribution < -0.4 is 10.5 Å². The van der Waals surface area contributed by atoms with Gasteiger partial charge in [-0.05, 0) is 36.5 Å². The number of allylic oxidation sites excluding steroid dienone is 2. The summed E-state index contributed by atoms with van der Waals surface area (Å²) in [6, 6.07) is 8.22. The molecule has 2 aromatic heterocycles. The monoisotopic (exact) mass is 405 g/mol. The SMILES string of the molecule is CN1C(=CC(=O)Cn2cnc3sc4c(c3c2=O)CCC4)C(C)(C)c2ccccc21. The number of aryl methyl sites for hydroxylation is 2. The minimum Gasteiger partial charge on any atom is -0.347 e. The number of ketones is 1. The van der Waals surface area contributed by atoms with E-state index in [2.05, 4.69) is 35.9 Å². The number of nitrogens with zero attached hydrogens (tertiary/aromatic N) is 3. The third-order valence-electron chi connectivity index (χ3n) is 6.26. The fourth-order valence-electron chi connectivity index (χ4n) is 4.76. The van der Waals surface area contributed by atoms with Crippen LogP contribution in [0.5, 0.6) is 0 Å². The van der Waals surface area contributed by atoms with E-state index in [1.165, 1.54) is 21.3 Å². The summed E-state index contributed by atoms with van der Waals surface area (Å²) in [5, 5.41) is 0.719. The van der Waals surface area contributed by atoms with Crippen LogP contribution in [0, 0.1) is 0 Å². The van der Waals surface area contributed by atoms with Crippen molar-refractivity contribution in [2.45, 2.75) is 45.1 Å². The van der Waals surface area contributed by atoms with Gasteiger partial charge in [-0.1, -0.05) is 32.0 Å². The largest absolute Gasteiger partial charge is 0.347 e. The first-order valence-electron chi connectivity index (χ1n) is 9.96. The van der Waals surface area contributed by atoms with Gasteiger partial charge in [0.25, 0.3) is 5.56 Å². The van der Waals surface area contributed by atoms with Crippen molar-refractivity contribution in [1.82, 2.24) is 9.55 Å². The molecule has 0 atom stereocenters. The van der Waals surface area contributed by atoms with Crippen LogP contribution in [0.15, 0.2) is 47.2 Å². The summed E-state index contributed by atoms with van der Waals surface area (Å²) in [5.41, 5.74) is 4.06. The third-order valence-corrected chi connectivity index (χ3v) is 7.46. The number of carbonyl (C=O) groups is 1. The van der Waals surface area contributed by atoms with Crippen LogP contribution in [0.25, 0.3) is 10.2 Å². The maximum absolute atomic E-state index is 13.0. The Hall–Kier alpha value is -2.73. The highest BCUT2D eigenvalue weighted by molar-refractivity contribution is 7.18. The zero-order chi connectivity index (χ0) is 20.3. The topological polar surface area (TPSA) is 55.2 Å². The molecule has 1 aromatic carbocycles. The van der Waals surface area contributed by atoms with E-state index in [0.717, 1.165) is 46.4 Å². The number of anilines is 1. The molecule has 0 saturated carbocycles. The molecule has 5 rings (SSSR count). The Labute approximate surface area is 173 Å². The quantitative estimate of drug-likeness (QED) is 0.622. The molecule has 0 saturated heterocycles. The van der Waals surface area contributed by atoms with Gasteiger partial charge in [-0.25, -0.2) is 4.98 Å². The van der Waals surface area contributed by atoms with Gasteiger partial charge in [0.1, 0.15) is 4.83 Å². The summed E-state index contributed by atoms with van der Waals surface area (Å²) >= 11 is 1.62. The average Bonchev–Trinajstić information content (AvgIpc) is 3.33. The van der Waals surface area contributed by atoms with Crippen molar-refractivity contribution in [3.8, 4) is 0 Å². The highest BCUT2D eigenvalue weighted by atomic mass is 32.1. The fraction of sp³-hybridized carbons (Fsp3) is 0.348. The van der Waals surface area contributed by atoms with Gasteiger partial charge in [0.2, 0.25) is 0 Å². The van der Waals surface area contributed by atoms with E-state index >= 15 is 0 Å². The Kier molecular flexibility index (Phi) is 4.03. The van der Waals surface area contributed by atoms with Gasteiger partial charge in [0.05, 0.1) is 18.3 Å². The lowest BCUT2D eigenvalue weighted by molar-refractivity contribution is -0.115. The first kappa shape index (κ1) is 18.3. The Morgan fingerprint density at radius 1 is 1.28 bits per heavy atom. The molecule has 29 heavy (non-hydrogen) atoms. The second-order valence-electron chi connectivity index (χ2n) is 8.41. The van der Waals surface area contributed by atoms with E-state index in [4.69, 9.17) is 0 Å². The molecule has 1 aliphatic heterocycles. The fourth-order valence-corrected chi connectivity index (χ4v) is 5.98. The van der Waals surface area contributed by atoms with Gasteiger partial charge in [0.15, 0.2) is 5.78 Å². The molecule has 3 aromatic rings. The molecule has 0 bridgehead atoms. The van der Waals surface area contributed by atoms with Gasteiger partial charge in [-0.2, -0.15) is 0 Å². The van der Waals surface area contributed by atoms with Crippen LogP contribution in [-0.4, -0.2) is 22.4 Å². The van der Waals surface area contributed by atoms with Gasteiger partial charge in [0, 0.05) is 34.8 Å². The number of aromatic nitrogens is 2. The van der Waals surface area contributed by atoms with Gasteiger partial charge in [-0.15, -0.1) is 11.3 Å². The van der Waals surface area contributed by atoms with Crippen LogP contribution in [0.1, 0.15) is 36.3 Å². The minimum absolute atomic E-state index is 0.0101. The summed E-state index contributed by atoms with van der Waals surface area (Å²) in [5.74, 6) is -0.0946. The number of hydrogen-bond acceptors (Lipinski definition) is 5. The lowest BCUT2D eigenvalue weighted by atomic mass is 9.83. The number of hydrogen-bond donors (Lipinski definition) is 0. The molecule has 0 spiro atoms. The van der Waals surface area contributed by atoms with Crippen LogP contribution in [0.3, 0.4) is 0 Å². The van der Waals surface area contributed by atoms with E-state index in [-0.39, 0.29) is 23.3 Å². The van der Waals surface area contributed by atoms with Gasteiger partial charge >= 0.3 is 0 Å². The Balaban J connectivity index is 1.49. The molecule has 148 valence electrons. The zero-order valence-electron chi connectivity index (χ0n) is 16.9. The molecule has 3 heterocycles. The second-order valence-corrected chi connectivity index (χ2v) is 9.50. The summed E-state index contributed by atoms with van der Waals surface area (Å²) in [4.78, 5) is 34.6. The van der Waals surface area contributed by atoms with Gasteiger partial charge in [-0.3, -0.25) is 14.2 Å². The van der Waals surface area contributed by atoms with Crippen LogP contribution >= 0.6 is 11.3 Å². The number of para-hydroxylation sites is 1. The molecule has 0 unspecified atom stereocenters. The highest BCUT2D eigenvalue weighted by Crippen LogP contribution is 2.46. The molecule has 0 radical (unpaired) electrons. The molecule has 0 amide bonds. The zero-order valence-corrected chi connectivity index (χ0v) is 17.7. The normalized spacial score (nSPS) is 18.4. The van der Waals surface area contributed by atoms with Crippen molar-refractivity contribution in [1.29, 1.82) is 0 Å². The Morgan fingerprint density at radius 2 is 2.07 bits per heavy atom. The molecule has 5 nitrogen and oxygen atoms in total. The number of carbonyl (C=O) groups excluding carboxylic acids is 1. The third kappa shape index (κ3) is 2.69. The lowest BCUT2D eigenvalue weighted by Gasteiger charge is -2.24. The summed E-state index contributed by atoms with van der Waals surface area (Å²) in [7, 11) is 1.99. The first-order valence-corrected chi connectivity index (χ1v) is 10.8. The smallest absolute Gasteiger partial charge is 0.262 e. The Morgan fingerprint density at radius 3 is 2.86 bits per heavy atom. The van der Waals surface area contributed by atoms with Crippen LogP contribution in [0.4, 0.5) is 5.69 Å². The van der Waals surface area contributed by atoms with Crippen molar-refractivity contribution < 1.29 is 4.79 Å². The summed E-state index contributed by atoms with van der Waals surface area (Å²) in [6.45, 7) is 4.27. The molecule has 1 aliphatic carbocycles. The molecular formula is C23H23N3O2S. The van der Waals surface area contributed by atoms with E-state index < -0.39 is 0 Å². The minimum atomic E-state index is -0.262. The molecule has 2 aliphatic rings. The second kappa shape index (κ2) is 6.39. The summed E-state index contributed by atoms with van der Waals surface area (Å²) < 4.78 is 1.46. The summed E-state index contributed by atoms with van der Waals surface area (Å²) in [6.07, 6.45) is 6.27. The number of rotatable bonds is 3. The van der Waals surface area contributed by atoms with E-state index in [1.54, 1.807) is 17.4 Å². The van der Waals surface area contributed by atoms with Crippen molar-refractivity contribution in [3.05, 3.63) is 68.7 Å². The maximum Gasteiger partial charge on any atom is 0.262 e. The molecule has 0 fully saturated rings. The number of thiophene rings is 1. The predicted molar refractivity (Wildman–Crippen MR) is 117 cm³/mol. The van der Waals surface area contributed by atoms with Crippen LogP contribution in [-0.2, 0) is 29.6 Å². The number of fused-ring (bicyclic) bond motifs is 4. The van der Waals surface area contributed by atoms with E-state index in [9.17, 15) is 9.59 Å². The van der Waals surface area contributed by atoms with Crippen molar-refractivity contribution in [3.63, 3.8) is 0 Å². The van der Waals surface area contributed by atoms with E-state index in [0.29, 0.717) is 0 Å². The highest BCUT2D eigenvalue weighted by Gasteiger charge is 2.38. The lowest BCUT2D eigenvalue weighted by Crippen LogP contribution is -2.27. The number of benzene rings is 1. The Bertz CT molecular complexity index is 1250. The van der Waals surface area contributed by atoms with E-state index in [1.807, 2.05) is 19.2 Å². The van der Waals surface area contributed by atoms with Crippen LogP contribution in [0.2, 0.25) is 0 Å². The molecule has 0 N–H and O–H groups in total. The average molecular weight is 406 g/mol. The molecular weight excluding hydrogens is 382 g/mol. The van der Waals surface area contributed by atoms with Crippen molar-refractivity contribution in [2.24, 2.45) is 0 Å². The standard InChI is InChI=1S/C23H23N3O2S/c1-23(2)16-8-4-5-9-17(16)25(3)19(23)11-14(27)12-26-13-24-21-20(22(26)28)15-7-6-10-18(15)29-21/h4-5,8-9,11,13H,6-7,10,12H2,1-3H3. The van der Waals surface area contributed by atoms with Crippen molar-refractivity contribution in [2.75, 3.05) is 11.9 Å². The van der Waals surface area contributed by atoms with Crippen molar-refractivity contribution >= 4 is 33.0 Å². The number of likely N-dealkylation sites (N-methyl/N-ethyl adjacent to an activating group) is 1. The first-order chi connectivity index (χ1) is 13.9. The maximum atomic E-state index is 13.0. The molecule has 6 heteroatoms. The predicted octanol–water partition coefficient (Wildman–Crippen LogP) is 3.83.